The molecule has 0 bridgehead atoms. The lowest BCUT2D eigenvalue weighted by atomic mass is 9.42. The summed E-state index contributed by atoms with van der Waals surface area (Å²) >= 11 is 0. The van der Waals surface area contributed by atoms with Crippen molar-refractivity contribution in [3.8, 4) is 0 Å². The Morgan fingerprint density at radius 3 is 2.37 bits per heavy atom. The second-order valence-corrected chi connectivity index (χ2v) is 11.5. The smallest absolute Gasteiger partial charge is 0.302 e. The number of hydrogen-bond acceptors (Lipinski definition) is 9. The molecule has 2 aliphatic carbocycles. The summed E-state index contributed by atoms with van der Waals surface area (Å²) in [6.07, 6.45) is 2.80. The van der Waals surface area contributed by atoms with E-state index >= 15 is 0 Å². The van der Waals surface area contributed by atoms with Gasteiger partial charge in [-0.25, -0.2) is 0 Å². The van der Waals surface area contributed by atoms with Gasteiger partial charge in [-0.1, -0.05) is 20.3 Å². The van der Waals surface area contributed by atoms with E-state index < -0.39 is 23.4 Å². The number of fused-ring (bicyclic) bond motifs is 3. The molecule has 196 valence electrons. The Labute approximate surface area is 206 Å². The molecule has 9 heteroatoms. The van der Waals surface area contributed by atoms with Crippen LogP contribution in [0.5, 0.6) is 0 Å². The summed E-state index contributed by atoms with van der Waals surface area (Å²) in [5.74, 6) is -0.827. The molecule has 0 aromatic heterocycles. The number of carbonyl (C=O) groups excluding carboxylic acids is 3. The van der Waals surface area contributed by atoms with Gasteiger partial charge >= 0.3 is 17.9 Å². The average Bonchev–Trinajstić information content (AvgIpc) is 3.26. The summed E-state index contributed by atoms with van der Waals surface area (Å²) < 4.78 is 35.9. The third-order valence-corrected chi connectivity index (χ3v) is 9.86. The van der Waals surface area contributed by atoms with Crippen LogP contribution in [-0.2, 0) is 42.8 Å². The van der Waals surface area contributed by atoms with Gasteiger partial charge in [0.1, 0.15) is 24.4 Å². The second kappa shape index (κ2) is 8.70. The topological polar surface area (TPSA) is 110 Å². The molecule has 0 N–H and O–H groups in total. The van der Waals surface area contributed by atoms with Gasteiger partial charge in [0.05, 0.1) is 30.7 Å². The van der Waals surface area contributed by atoms with Crippen LogP contribution < -0.4 is 0 Å². The van der Waals surface area contributed by atoms with Gasteiger partial charge in [0.2, 0.25) is 0 Å². The van der Waals surface area contributed by atoms with E-state index in [4.69, 9.17) is 28.4 Å². The zero-order valence-electron chi connectivity index (χ0n) is 21.4. The molecule has 10 unspecified atom stereocenters. The van der Waals surface area contributed by atoms with Crippen LogP contribution >= 0.6 is 0 Å². The maximum absolute atomic E-state index is 12.2. The number of epoxide rings is 1. The van der Waals surface area contributed by atoms with E-state index in [2.05, 4.69) is 13.8 Å². The van der Waals surface area contributed by atoms with Crippen LogP contribution in [0.1, 0.15) is 66.7 Å². The van der Waals surface area contributed by atoms with Crippen molar-refractivity contribution in [3.05, 3.63) is 0 Å². The van der Waals surface area contributed by atoms with Crippen LogP contribution in [0, 0.1) is 28.6 Å². The molecule has 2 saturated carbocycles. The number of esters is 3. The van der Waals surface area contributed by atoms with Gasteiger partial charge in [-0.3, -0.25) is 14.4 Å². The highest BCUT2D eigenvalue weighted by molar-refractivity contribution is 5.67. The van der Waals surface area contributed by atoms with Crippen LogP contribution in [0.4, 0.5) is 0 Å². The lowest BCUT2D eigenvalue weighted by Gasteiger charge is -2.64. The van der Waals surface area contributed by atoms with E-state index in [0.29, 0.717) is 19.6 Å². The van der Waals surface area contributed by atoms with Crippen molar-refractivity contribution in [2.45, 2.75) is 96.9 Å². The largest absolute Gasteiger partial charge is 0.465 e. The van der Waals surface area contributed by atoms with Crippen LogP contribution in [0.25, 0.3) is 0 Å². The van der Waals surface area contributed by atoms with Gasteiger partial charge in [-0.15, -0.1) is 0 Å². The van der Waals surface area contributed by atoms with Crippen molar-refractivity contribution in [3.63, 3.8) is 0 Å². The fourth-order valence-electron chi connectivity index (χ4n) is 8.07. The van der Waals surface area contributed by atoms with Gasteiger partial charge in [0.25, 0.3) is 0 Å². The maximum Gasteiger partial charge on any atom is 0.302 e. The molecule has 0 amide bonds. The standard InChI is InChI=1S/C26H38O9/c1-14-9-22(34-17(4)29)26(13-31-15(2)27)20(7-6-8-25(26)12-32-25)24(14,5)21-10-18-19(33-16(3)28)11-30-23(18)35-21/h14,18-23H,6-13H2,1-5H3. The highest BCUT2D eigenvalue weighted by Crippen LogP contribution is 2.70. The van der Waals surface area contributed by atoms with Gasteiger partial charge in [0.15, 0.2) is 6.29 Å². The highest BCUT2D eigenvalue weighted by atomic mass is 16.7. The first-order chi connectivity index (χ1) is 16.5. The Balaban J connectivity index is 1.52. The number of carbonyl (C=O) groups is 3. The van der Waals surface area contributed by atoms with Gasteiger partial charge < -0.3 is 28.4 Å². The van der Waals surface area contributed by atoms with Crippen molar-refractivity contribution >= 4 is 17.9 Å². The van der Waals surface area contributed by atoms with Crippen molar-refractivity contribution in [2.75, 3.05) is 19.8 Å². The quantitative estimate of drug-likeness (QED) is 0.324. The summed E-state index contributed by atoms with van der Waals surface area (Å²) in [6, 6.07) is 0. The molecule has 5 aliphatic rings. The fourth-order valence-corrected chi connectivity index (χ4v) is 8.07. The Hall–Kier alpha value is -1.71. The summed E-state index contributed by atoms with van der Waals surface area (Å²) in [5.41, 5.74) is -1.44. The molecule has 5 fully saturated rings. The summed E-state index contributed by atoms with van der Waals surface area (Å²) in [6.45, 7) is 9.80. The predicted molar refractivity (Wildman–Crippen MR) is 121 cm³/mol. The van der Waals surface area contributed by atoms with Crippen LogP contribution in [0.2, 0.25) is 0 Å². The molecule has 3 heterocycles. The third kappa shape index (κ3) is 3.80. The lowest BCUT2D eigenvalue weighted by molar-refractivity contribution is -0.255. The Bertz CT molecular complexity index is 884. The molecule has 0 aromatic rings. The Morgan fingerprint density at radius 2 is 1.74 bits per heavy atom. The van der Waals surface area contributed by atoms with E-state index in [1.807, 2.05) is 0 Å². The summed E-state index contributed by atoms with van der Waals surface area (Å²) in [7, 11) is 0. The minimum absolute atomic E-state index is 0.0169. The van der Waals surface area contributed by atoms with Crippen molar-refractivity contribution in [1.29, 1.82) is 0 Å². The van der Waals surface area contributed by atoms with E-state index in [9.17, 15) is 14.4 Å². The molecule has 3 saturated heterocycles. The monoisotopic (exact) mass is 494 g/mol. The molecular formula is C26H38O9. The van der Waals surface area contributed by atoms with E-state index in [1.54, 1.807) is 0 Å². The zero-order chi connectivity index (χ0) is 25.2. The van der Waals surface area contributed by atoms with Crippen LogP contribution in [0.15, 0.2) is 0 Å². The van der Waals surface area contributed by atoms with Crippen LogP contribution in [-0.4, -0.2) is 67.9 Å². The predicted octanol–water partition coefficient (Wildman–Crippen LogP) is 2.78. The second-order valence-electron chi connectivity index (χ2n) is 11.5. The van der Waals surface area contributed by atoms with Crippen molar-refractivity contribution in [1.82, 2.24) is 0 Å². The minimum atomic E-state index is -0.652. The normalized spacial score (nSPS) is 48.1. The molecular weight excluding hydrogens is 456 g/mol. The first kappa shape index (κ1) is 25.0. The SMILES string of the molecule is CC(=O)OCC12C(OC(C)=O)CC(C)C(C)(C3CC4C(OC(C)=O)COC4O3)C1CCCC21CO1. The van der Waals surface area contributed by atoms with Crippen LogP contribution in [0.3, 0.4) is 0 Å². The van der Waals surface area contributed by atoms with Crippen molar-refractivity contribution in [2.24, 2.45) is 28.6 Å². The van der Waals surface area contributed by atoms with Gasteiger partial charge in [-0.2, -0.15) is 0 Å². The summed E-state index contributed by atoms with van der Waals surface area (Å²) in [5, 5.41) is 0. The first-order valence-corrected chi connectivity index (χ1v) is 12.9. The van der Waals surface area contributed by atoms with E-state index in [0.717, 1.165) is 25.7 Å². The number of ether oxygens (including phenoxy) is 6. The van der Waals surface area contributed by atoms with E-state index in [-0.39, 0.29) is 59.9 Å². The molecule has 35 heavy (non-hydrogen) atoms. The molecule has 0 aromatic carbocycles. The number of hydrogen-bond donors (Lipinski definition) is 0. The highest BCUT2D eigenvalue weighted by Gasteiger charge is 2.76. The van der Waals surface area contributed by atoms with E-state index in [1.165, 1.54) is 20.8 Å². The number of rotatable bonds is 5. The minimum Gasteiger partial charge on any atom is -0.465 e. The molecule has 9 nitrogen and oxygen atoms in total. The van der Waals surface area contributed by atoms with Gasteiger partial charge in [-0.05, 0) is 37.5 Å². The first-order valence-electron chi connectivity index (χ1n) is 12.9. The fraction of sp³-hybridized carbons (Fsp3) is 0.885. The Kier molecular flexibility index (Phi) is 6.20. The zero-order valence-corrected chi connectivity index (χ0v) is 21.4. The molecule has 10 atom stereocenters. The molecule has 0 radical (unpaired) electrons. The molecule has 1 spiro atoms. The summed E-state index contributed by atoms with van der Waals surface area (Å²) in [4.78, 5) is 35.9. The Morgan fingerprint density at radius 1 is 1.03 bits per heavy atom. The molecule has 5 rings (SSSR count). The maximum atomic E-state index is 12.2. The lowest BCUT2D eigenvalue weighted by Crippen LogP contribution is -2.69. The molecule has 3 aliphatic heterocycles. The average molecular weight is 495 g/mol. The third-order valence-electron chi connectivity index (χ3n) is 9.86. The van der Waals surface area contributed by atoms with Gasteiger partial charge in [0, 0.05) is 26.2 Å². The van der Waals surface area contributed by atoms with Crippen molar-refractivity contribution < 1.29 is 42.8 Å².